The molecule has 4 aromatic carbocycles. The highest BCUT2D eigenvalue weighted by molar-refractivity contribution is 5.96. The summed E-state index contributed by atoms with van der Waals surface area (Å²) in [7, 11) is 1.66. The van der Waals surface area contributed by atoms with E-state index in [2.05, 4.69) is 23.5 Å². The third kappa shape index (κ3) is 4.68. The second-order valence-corrected chi connectivity index (χ2v) is 9.98. The van der Waals surface area contributed by atoms with E-state index in [4.69, 9.17) is 14.2 Å². The minimum Gasteiger partial charge on any atom is -0.497 e. The predicted octanol–water partition coefficient (Wildman–Crippen LogP) is 6.61. The summed E-state index contributed by atoms with van der Waals surface area (Å²) >= 11 is 0. The Kier molecular flexibility index (Phi) is 6.64. The van der Waals surface area contributed by atoms with Gasteiger partial charge in [-0.25, -0.2) is 4.79 Å². The minimum absolute atomic E-state index is 0.202. The molecule has 2 N–H and O–H groups in total. The van der Waals surface area contributed by atoms with Crippen molar-refractivity contribution in [2.45, 2.75) is 37.8 Å². The molecule has 0 aliphatic carbocycles. The van der Waals surface area contributed by atoms with Crippen LogP contribution in [0.5, 0.6) is 17.2 Å². The molecule has 1 saturated heterocycles. The van der Waals surface area contributed by atoms with Gasteiger partial charge in [-0.3, -0.25) is 0 Å². The summed E-state index contributed by atoms with van der Waals surface area (Å²) in [5, 5.41) is 15.2. The summed E-state index contributed by atoms with van der Waals surface area (Å²) in [6, 6.07) is 23.9. The molecular weight excluding hydrogens is 478 g/mol. The highest BCUT2D eigenvalue weighted by Crippen LogP contribution is 2.48. The van der Waals surface area contributed by atoms with Gasteiger partial charge in [0.2, 0.25) is 0 Å². The van der Waals surface area contributed by atoms with Gasteiger partial charge in [-0.05, 0) is 90.2 Å². The number of carboxylic acid groups (broad SMARTS) is 1. The number of ether oxygens (including phenoxy) is 3. The Hall–Kier alpha value is -4.03. The Bertz CT molecular complexity index is 1470. The van der Waals surface area contributed by atoms with Crippen LogP contribution in [0.1, 0.15) is 53.3 Å². The summed E-state index contributed by atoms with van der Waals surface area (Å²) in [6.07, 6.45) is 4.35. The van der Waals surface area contributed by atoms with Crippen molar-refractivity contribution in [2.24, 2.45) is 0 Å². The van der Waals surface area contributed by atoms with Crippen LogP contribution in [0.25, 0.3) is 21.9 Å². The molecule has 0 radical (unpaired) electrons. The molecule has 194 valence electrons. The van der Waals surface area contributed by atoms with Crippen LogP contribution in [0.2, 0.25) is 0 Å². The lowest BCUT2D eigenvalue weighted by Crippen LogP contribution is -2.35. The average molecular weight is 510 g/mol. The van der Waals surface area contributed by atoms with Crippen LogP contribution in [0.4, 0.5) is 0 Å². The van der Waals surface area contributed by atoms with E-state index in [1.807, 2.05) is 42.5 Å². The second kappa shape index (κ2) is 10.4. The molecule has 0 aromatic heterocycles. The molecule has 6 heteroatoms. The lowest BCUT2D eigenvalue weighted by molar-refractivity contribution is 0.0696. The van der Waals surface area contributed by atoms with Gasteiger partial charge in [-0.1, -0.05) is 36.8 Å². The van der Waals surface area contributed by atoms with Crippen molar-refractivity contribution < 1.29 is 24.1 Å². The zero-order valence-electron chi connectivity index (χ0n) is 21.4. The van der Waals surface area contributed by atoms with Gasteiger partial charge in [0.05, 0.1) is 19.3 Å². The van der Waals surface area contributed by atoms with Gasteiger partial charge in [0, 0.05) is 17.2 Å². The first-order chi connectivity index (χ1) is 18.6. The molecule has 6 rings (SSSR count). The number of benzene rings is 4. The number of hydrogen-bond donors (Lipinski definition) is 2. The van der Waals surface area contributed by atoms with E-state index in [1.165, 1.54) is 19.3 Å². The summed E-state index contributed by atoms with van der Waals surface area (Å²) in [5.41, 5.74) is 4.15. The number of hydrogen-bond acceptors (Lipinski definition) is 5. The van der Waals surface area contributed by atoms with Crippen LogP contribution in [0, 0.1) is 0 Å². The predicted molar refractivity (Wildman–Crippen MR) is 148 cm³/mol. The zero-order valence-corrected chi connectivity index (χ0v) is 21.4. The number of methoxy groups -OCH3 is 1. The molecule has 6 nitrogen and oxygen atoms in total. The van der Waals surface area contributed by atoms with Gasteiger partial charge >= 0.3 is 5.97 Å². The first-order valence-electron chi connectivity index (χ1n) is 13.2. The third-order valence-corrected chi connectivity index (χ3v) is 7.62. The van der Waals surface area contributed by atoms with Gasteiger partial charge < -0.3 is 24.6 Å². The van der Waals surface area contributed by atoms with Crippen molar-refractivity contribution in [3.63, 3.8) is 0 Å². The summed E-state index contributed by atoms with van der Waals surface area (Å²) in [5.74, 6) is 1.21. The van der Waals surface area contributed by atoms with E-state index in [0.717, 1.165) is 57.5 Å². The highest BCUT2D eigenvalue weighted by atomic mass is 16.5. The maximum Gasteiger partial charge on any atom is 0.335 e. The van der Waals surface area contributed by atoms with Gasteiger partial charge in [-0.15, -0.1) is 0 Å². The lowest BCUT2D eigenvalue weighted by atomic mass is 9.85. The fraction of sp³-hybridized carbons (Fsp3) is 0.281. The van der Waals surface area contributed by atoms with Crippen molar-refractivity contribution in [1.82, 2.24) is 5.32 Å². The average Bonchev–Trinajstić information content (AvgIpc) is 2.96. The smallest absolute Gasteiger partial charge is 0.335 e. The first-order valence-corrected chi connectivity index (χ1v) is 13.2. The van der Waals surface area contributed by atoms with Crippen LogP contribution in [0.3, 0.4) is 0 Å². The third-order valence-electron chi connectivity index (χ3n) is 7.62. The molecule has 4 aromatic rings. The number of rotatable bonds is 7. The molecule has 2 atom stereocenters. The molecule has 2 aliphatic rings. The number of piperidine rings is 1. The molecule has 2 unspecified atom stereocenters. The number of carbonyl (C=O) groups is 1. The van der Waals surface area contributed by atoms with Crippen molar-refractivity contribution in [1.29, 1.82) is 0 Å². The molecule has 38 heavy (non-hydrogen) atoms. The topological polar surface area (TPSA) is 77.0 Å². The molecule has 0 bridgehead atoms. The molecule has 2 heterocycles. The summed E-state index contributed by atoms with van der Waals surface area (Å²) in [4.78, 5) is 11.7. The molecule has 2 aliphatic heterocycles. The molecule has 0 saturated carbocycles. The highest BCUT2D eigenvalue weighted by Gasteiger charge is 2.30. The summed E-state index contributed by atoms with van der Waals surface area (Å²) < 4.78 is 18.1. The first kappa shape index (κ1) is 24.3. The Balaban J connectivity index is 1.34. The number of nitrogens with one attached hydrogen (secondary N) is 1. The Morgan fingerprint density at radius 2 is 1.79 bits per heavy atom. The van der Waals surface area contributed by atoms with Crippen LogP contribution >= 0.6 is 0 Å². The normalized spacial score (nSPS) is 18.2. The van der Waals surface area contributed by atoms with E-state index < -0.39 is 12.1 Å². The number of carboxylic acids is 1. The maximum absolute atomic E-state index is 11.7. The van der Waals surface area contributed by atoms with E-state index >= 15 is 0 Å². The quantitative estimate of drug-likeness (QED) is 0.292. The largest absolute Gasteiger partial charge is 0.497 e. The van der Waals surface area contributed by atoms with E-state index in [9.17, 15) is 9.90 Å². The molecule has 1 fully saturated rings. The van der Waals surface area contributed by atoms with Crippen LogP contribution in [-0.4, -0.2) is 37.4 Å². The SMILES string of the molecule is COc1ccc2c3c(ccc2c1)-c1ccc(C(=O)O)cc1OC3c1ccc(OCCC2CCCCN2)cc1. The molecule has 0 spiro atoms. The van der Waals surface area contributed by atoms with Crippen molar-refractivity contribution in [3.8, 4) is 28.4 Å². The van der Waals surface area contributed by atoms with E-state index in [1.54, 1.807) is 19.2 Å². The Morgan fingerprint density at radius 1 is 0.974 bits per heavy atom. The zero-order chi connectivity index (χ0) is 26.1. The fourth-order valence-electron chi connectivity index (χ4n) is 5.60. The number of aromatic carboxylic acids is 1. The number of fused-ring (bicyclic) bond motifs is 5. The van der Waals surface area contributed by atoms with E-state index in [0.29, 0.717) is 18.4 Å². The second-order valence-electron chi connectivity index (χ2n) is 9.98. The molecule has 0 amide bonds. The van der Waals surface area contributed by atoms with Gasteiger partial charge in [0.1, 0.15) is 17.2 Å². The van der Waals surface area contributed by atoms with Gasteiger partial charge in [-0.2, -0.15) is 0 Å². The summed E-state index contributed by atoms with van der Waals surface area (Å²) in [6.45, 7) is 1.78. The van der Waals surface area contributed by atoms with Crippen LogP contribution in [-0.2, 0) is 0 Å². The Morgan fingerprint density at radius 3 is 2.55 bits per heavy atom. The molecular formula is C32H31NO5. The van der Waals surface area contributed by atoms with Gasteiger partial charge in [0.15, 0.2) is 6.10 Å². The fourth-order valence-corrected chi connectivity index (χ4v) is 5.60. The van der Waals surface area contributed by atoms with Crippen LogP contribution < -0.4 is 19.5 Å². The Labute approximate surface area is 222 Å². The van der Waals surface area contributed by atoms with Gasteiger partial charge in [0.25, 0.3) is 0 Å². The standard InChI is InChI=1S/C32H31NO5/c1-36-25-11-14-26-21(18-25)7-13-28-27-12-8-22(32(34)35)19-29(27)38-31(30(26)28)20-5-9-24(10-6-20)37-17-15-23-4-2-3-16-33-23/h5-14,18-19,23,31,33H,2-4,15-17H2,1H3,(H,34,35). The van der Waals surface area contributed by atoms with Crippen molar-refractivity contribution >= 4 is 16.7 Å². The van der Waals surface area contributed by atoms with E-state index in [-0.39, 0.29) is 5.56 Å². The lowest BCUT2D eigenvalue weighted by Gasteiger charge is -2.31. The van der Waals surface area contributed by atoms with Crippen molar-refractivity contribution in [2.75, 3.05) is 20.3 Å². The minimum atomic E-state index is -0.978. The van der Waals surface area contributed by atoms with Crippen LogP contribution in [0.15, 0.2) is 72.8 Å². The van der Waals surface area contributed by atoms with Crippen molar-refractivity contribution in [3.05, 3.63) is 89.5 Å². The maximum atomic E-state index is 11.7. The monoisotopic (exact) mass is 509 g/mol.